The molecule has 0 aromatic heterocycles. The third-order valence-corrected chi connectivity index (χ3v) is 2.85. The van der Waals surface area contributed by atoms with Crippen LogP contribution in [-0.2, 0) is 4.79 Å². The van der Waals surface area contributed by atoms with E-state index >= 15 is 0 Å². The van der Waals surface area contributed by atoms with Crippen molar-refractivity contribution in [1.29, 1.82) is 0 Å². The number of allylic oxidation sites excluding steroid dienone is 3. The summed E-state index contributed by atoms with van der Waals surface area (Å²) in [6, 6.07) is 0. The average Bonchev–Trinajstić information content (AvgIpc) is 2.62. The zero-order chi connectivity index (χ0) is 8.72. The van der Waals surface area contributed by atoms with Gasteiger partial charge in [0.2, 0.25) is 0 Å². The van der Waals surface area contributed by atoms with E-state index in [-0.39, 0.29) is 0 Å². The first-order valence-electron chi connectivity index (χ1n) is 3.98. The van der Waals surface area contributed by atoms with E-state index in [0.29, 0.717) is 11.8 Å². The molecule has 3 heteroatoms. The first-order chi connectivity index (χ1) is 5.68. The van der Waals surface area contributed by atoms with Crippen molar-refractivity contribution < 1.29 is 9.90 Å². The molecule has 0 aromatic carbocycles. The van der Waals surface area contributed by atoms with Crippen LogP contribution in [0.25, 0.3) is 0 Å². The van der Waals surface area contributed by atoms with E-state index in [4.69, 9.17) is 16.7 Å². The number of carboxylic acid groups (broad SMARTS) is 1. The van der Waals surface area contributed by atoms with Gasteiger partial charge in [0.15, 0.2) is 0 Å². The summed E-state index contributed by atoms with van der Waals surface area (Å²) in [5, 5.41) is 9.26. The van der Waals surface area contributed by atoms with Crippen LogP contribution in [0, 0.1) is 11.8 Å². The number of rotatable bonds is 2. The number of hydrogen-bond acceptors (Lipinski definition) is 1. The van der Waals surface area contributed by atoms with Gasteiger partial charge in [0.1, 0.15) is 0 Å². The smallest absolute Gasteiger partial charge is 0.328 e. The standard InChI is InChI=1S/C9H9ClO2/c10-8-4-5-3-7(5)6(8)1-2-9(11)12/h1-2,5,7H,3-4H2,(H,11,12)/b2-1+. The van der Waals surface area contributed by atoms with Crippen LogP contribution in [0.4, 0.5) is 0 Å². The highest BCUT2D eigenvalue weighted by Gasteiger charge is 2.45. The molecule has 0 heterocycles. The summed E-state index contributed by atoms with van der Waals surface area (Å²) in [5.41, 5.74) is 1.05. The Bertz CT molecular complexity index is 291. The molecule has 0 bridgehead atoms. The van der Waals surface area contributed by atoms with Crippen molar-refractivity contribution in [2.75, 3.05) is 0 Å². The lowest BCUT2D eigenvalue weighted by atomic mass is 10.2. The van der Waals surface area contributed by atoms with E-state index in [1.165, 1.54) is 12.5 Å². The molecule has 64 valence electrons. The molecular weight excluding hydrogens is 176 g/mol. The number of carbonyl (C=O) groups is 1. The molecule has 0 amide bonds. The fourth-order valence-corrected chi connectivity index (χ4v) is 2.18. The lowest BCUT2D eigenvalue weighted by Gasteiger charge is -1.95. The first-order valence-corrected chi connectivity index (χ1v) is 4.36. The van der Waals surface area contributed by atoms with Gasteiger partial charge in [-0.15, -0.1) is 0 Å². The Morgan fingerprint density at radius 1 is 1.67 bits per heavy atom. The zero-order valence-corrected chi connectivity index (χ0v) is 7.21. The Hall–Kier alpha value is -0.760. The lowest BCUT2D eigenvalue weighted by molar-refractivity contribution is -0.131. The van der Waals surface area contributed by atoms with Crippen molar-refractivity contribution in [2.24, 2.45) is 11.8 Å². The average molecular weight is 185 g/mol. The second-order valence-electron chi connectivity index (χ2n) is 3.34. The molecule has 0 radical (unpaired) electrons. The van der Waals surface area contributed by atoms with Crippen molar-refractivity contribution in [1.82, 2.24) is 0 Å². The Morgan fingerprint density at radius 2 is 2.42 bits per heavy atom. The van der Waals surface area contributed by atoms with Crippen LogP contribution in [-0.4, -0.2) is 11.1 Å². The van der Waals surface area contributed by atoms with Crippen LogP contribution < -0.4 is 0 Å². The van der Waals surface area contributed by atoms with Gasteiger partial charge in [-0.2, -0.15) is 0 Å². The molecule has 0 saturated heterocycles. The molecule has 2 nitrogen and oxygen atoms in total. The molecular formula is C9H9ClO2. The molecule has 2 atom stereocenters. The van der Waals surface area contributed by atoms with Crippen LogP contribution in [0.2, 0.25) is 0 Å². The highest BCUT2D eigenvalue weighted by Crippen LogP contribution is 2.56. The molecule has 0 spiro atoms. The van der Waals surface area contributed by atoms with Crippen LogP contribution in [0.1, 0.15) is 12.8 Å². The Morgan fingerprint density at radius 3 is 2.92 bits per heavy atom. The molecule has 2 aliphatic rings. The van der Waals surface area contributed by atoms with E-state index in [0.717, 1.165) is 17.0 Å². The predicted octanol–water partition coefficient (Wildman–Crippen LogP) is 2.16. The van der Waals surface area contributed by atoms with E-state index in [1.807, 2.05) is 0 Å². The van der Waals surface area contributed by atoms with E-state index in [2.05, 4.69) is 0 Å². The predicted molar refractivity (Wildman–Crippen MR) is 45.9 cm³/mol. The SMILES string of the molecule is O=C(O)/C=C/C1=C(Cl)CC2CC12. The van der Waals surface area contributed by atoms with Gasteiger partial charge in [0, 0.05) is 11.1 Å². The molecule has 1 fully saturated rings. The van der Waals surface area contributed by atoms with Gasteiger partial charge in [0.05, 0.1) is 0 Å². The molecule has 2 unspecified atom stereocenters. The van der Waals surface area contributed by atoms with Crippen molar-refractivity contribution >= 4 is 17.6 Å². The van der Waals surface area contributed by atoms with E-state index in [9.17, 15) is 4.79 Å². The Kier molecular flexibility index (Phi) is 1.72. The molecule has 1 saturated carbocycles. The fraction of sp³-hybridized carbons (Fsp3) is 0.444. The van der Waals surface area contributed by atoms with E-state index < -0.39 is 5.97 Å². The number of halogens is 1. The van der Waals surface area contributed by atoms with Crippen LogP contribution >= 0.6 is 11.6 Å². The largest absolute Gasteiger partial charge is 0.478 e. The normalized spacial score (nSPS) is 32.8. The van der Waals surface area contributed by atoms with Gasteiger partial charge in [-0.05, 0) is 30.3 Å². The zero-order valence-electron chi connectivity index (χ0n) is 6.46. The van der Waals surface area contributed by atoms with Crippen molar-refractivity contribution in [3.05, 3.63) is 22.8 Å². The summed E-state index contributed by atoms with van der Waals surface area (Å²) < 4.78 is 0. The Labute approximate surface area is 75.5 Å². The van der Waals surface area contributed by atoms with Gasteiger partial charge < -0.3 is 5.11 Å². The Balaban J connectivity index is 2.12. The maximum absolute atomic E-state index is 10.2. The van der Waals surface area contributed by atoms with Crippen molar-refractivity contribution in [3.63, 3.8) is 0 Å². The summed E-state index contributed by atoms with van der Waals surface area (Å²) >= 11 is 5.92. The summed E-state index contributed by atoms with van der Waals surface area (Å²) in [4.78, 5) is 10.2. The topological polar surface area (TPSA) is 37.3 Å². The van der Waals surface area contributed by atoms with Crippen LogP contribution in [0.15, 0.2) is 22.8 Å². The molecule has 1 N–H and O–H groups in total. The van der Waals surface area contributed by atoms with Gasteiger partial charge in [-0.3, -0.25) is 0 Å². The maximum Gasteiger partial charge on any atom is 0.328 e. The molecule has 0 aliphatic heterocycles. The fourth-order valence-electron chi connectivity index (χ4n) is 1.78. The monoisotopic (exact) mass is 184 g/mol. The second kappa shape index (κ2) is 2.63. The molecule has 2 rings (SSSR count). The summed E-state index contributed by atoms with van der Waals surface area (Å²) in [5.74, 6) is 0.370. The minimum absolute atomic E-state index is 0.563. The maximum atomic E-state index is 10.2. The molecule has 12 heavy (non-hydrogen) atoms. The third kappa shape index (κ3) is 1.27. The minimum Gasteiger partial charge on any atom is -0.478 e. The number of fused-ring (bicyclic) bond motifs is 1. The lowest BCUT2D eigenvalue weighted by Crippen LogP contribution is -1.88. The van der Waals surface area contributed by atoms with Gasteiger partial charge in [0.25, 0.3) is 0 Å². The first kappa shape index (κ1) is 7.87. The highest BCUT2D eigenvalue weighted by molar-refractivity contribution is 6.30. The van der Waals surface area contributed by atoms with Crippen LogP contribution in [0.5, 0.6) is 0 Å². The van der Waals surface area contributed by atoms with Crippen molar-refractivity contribution in [3.8, 4) is 0 Å². The number of carboxylic acids is 1. The van der Waals surface area contributed by atoms with E-state index in [1.54, 1.807) is 6.08 Å². The highest BCUT2D eigenvalue weighted by atomic mass is 35.5. The van der Waals surface area contributed by atoms with Gasteiger partial charge in [-0.1, -0.05) is 17.7 Å². The summed E-state index contributed by atoms with van der Waals surface area (Å²) in [7, 11) is 0. The quantitative estimate of drug-likeness (QED) is 0.668. The van der Waals surface area contributed by atoms with Crippen molar-refractivity contribution in [2.45, 2.75) is 12.8 Å². The minimum atomic E-state index is -0.906. The second-order valence-corrected chi connectivity index (χ2v) is 3.79. The molecule has 2 aliphatic carbocycles. The number of hydrogen-bond donors (Lipinski definition) is 1. The number of aliphatic carboxylic acids is 1. The third-order valence-electron chi connectivity index (χ3n) is 2.48. The molecule has 0 aromatic rings. The van der Waals surface area contributed by atoms with Crippen LogP contribution in [0.3, 0.4) is 0 Å². The van der Waals surface area contributed by atoms with Gasteiger partial charge >= 0.3 is 5.97 Å². The summed E-state index contributed by atoms with van der Waals surface area (Å²) in [6.45, 7) is 0. The van der Waals surface area contributed by atoms with Gasteiger partial charge in [-0.25, -0.2) is 4.79 Å². The summed E-state index contributed by atoms with van der Waals surface area (Å²) in [6.07, 6.45) is 4.95.